The van der Waals surface area contributed by atoms with Gasteiger partial charge in [-0.3, -0.25) is 4.79 Å². The van der Waals surface area contributed by atoms with Crippen molar-refractivity contribution in [2.75, 3.05) is 17.3 Å². The molecule has 1 rings (SSSR count). The second-order valence-corrected chi connectivity index (χ2v) is 5.66. The summed E-state index contributed by atoms with van der Waals surface area (Å²) in [6.45, 7) is 2.04. The van der Waals surface area contributed by atoms with Crippen molar-refractivity contribution in [1.82, 2.24) is 5.32 Å². The fraction of sp³-hybridized carbons (Fsp3) is 0.467. The van der Waals surface area contributed by atoms with Crippen molar-refractivity contribution < 1.29 is 14.7 Å². The number of anilines is 1. The smallest absolute Gasteiger partial charge is 0.319 e. The summed E-state index contributed by atoms with van der Waals surface area (Å²) in [5.74, 6) is 0.0525. The lowest BCUT2D eigenvalue weighted by Gasteiger charge is -2.16. The van der Waals surface area contributed by atoms with Crippen LogP contribution in [0.2, 0.25) is 0 Å². The fourth-order valence-corrected chi connectivity index (χ4v) is 2.59. The lowest BCUT2D eigenvalue weighted by Crippen LogP contribution is -2.39. The van der Waals surface area contributed by atoms with Crippen LogP contribution < -0.4 is 10.6 Å². The van der Waals surface area contributed by atoms with E-state index in [1.807, 2.05) is 25.3 Å². The quantitative estimate of drug-likeness (QED) is 0.690. The van der Waals surface area contributed by atoms with Crippen molar-refractivity contribution in [2.45, 2.75) is 32.2 Å². The highest BCUT2D eigenvalue weighted by Crippen LogP contribution is 2.12. The van der Waals surface area contributed by atoms with Crippen molar-refractivity contribution in [3.8, 4) is 0 Å². The van der Waals surface area contributed by atoms with Crippen LogP contribution in [0.1, 0.15) is 25.3 Å². The highest BCUT2D eigenvalue weighted by atomic mass is 32.2. The first kappa shape index (κ1) is 17.4. The van der Waals surface area contributed by atoms with Crippen LogP contribution in [0, 0.1) is 0 Å². The zero-order valence-corrected chi connectivity index (χ0v) is 13.2. The Morgan fingerprint density at radius 1 is 1.38 bits per heavy atom. The molecule has 0 spiro atoms. The third-order valence-electron chi connectivity index (χ3n) is 3.01. The van der Waals surface area contributed by atoms with Crippen LogP contribution >= 0.6 is 11.8 Å². The molecular weight excluding hydrogens is 288 g/mol. The first-order valence-corrected chi connectivity index (χ1v) is 8.31. The molecule has 0 heterocycles. The molecule has 0 radical (unpaired) electrons. The molecule has 2 amide bonds. The Kier molecular flexibility index (Phi) is 7.68. The highest BCUT2D eigenvalue weighted by molar-refractivity contribution is 7.98. The van der Waals surface area contributed by atoms with Gasteiger partial charge in [0.25, 0.3) is 0 Å². The molecule has 0 aliphatic rings. The number of carboxylic acids is 1. The molecule has 0 aliphatic carbocycles. The Bertz CT molecular complexity index is 480. The van der Waals surface area contributed by atoms with Crippen molar-refractivity contribution >= 4 is 29.4 Å². The topological polar surface area (TPSA) is 78.4 Å². The van der Waals surface area contributed by atoms with Crippen LogP contribution in [-0.4, -0.2) is 35.2 Å². The number of hydrogen-bond donors (Lipinski definition) is 3. The van der Waals surface area contributed by atoms with Crippen LogP contribution in [0.4, 0.5) is 10.5 Å². The number of hydrogen-bond acceptors (Lipinski definition) is 3. The van der Waals surface area contributed by atoms with Gasteiger partial charge >= 0.3 is 12.0 Å². The maximum atomic E-state index is 11.9. The second kappa shape index (κ2) is 9.28. The van der Waals surface area contributed by atoms with E-state index in [0.29, 0.717) is 12.1 Å². The first-order chi connectivity index (χ1) is 10.0. The number of aliphatic carboxylic acids is 1. The molecule has 5 nitrogen and oxygen atoms in total. The van der Waals surface area contributed by atoms with Crippen LogP contribution in [-0.2, 0) is 11.2 Å². The number of aryl methyl sites for hydroxylation is 1. The van der Waals surface area contributed by atoms with Gasteiger partial charge in [-0.1, -0.05) is 19.1 Å². The first-order valence-electron chi connectivity index (χ1n) is 6.92. The predicted molar refractivity (Wildman–Crippen MR) is 87.0 cm³/mol. The minimum absolute atomic E-state index is 0.0846. The SMILES string of the molecule is CCC(CSC)NC(=O)Nc1cccc(CCC(=O)O)c1. The third-order valence-corrected chi connectivity index (χ3v) is 3.74. The van der Waals surface area contributed by atoms with Gasteiger partial charge in [0, 0.05) is 23.9 Å². The molecule has 21 heavy (non-hydrogen) atoms. The Balaban J connectivity index is 2.55. The van der Waals surface area contributed by atoms with E-state index in [1.54, 1.807) is 23.9 Å². The minimum atomic E-state index is -0.825. The third kappa shape index (κ3) is 7.04. The van der Waals surface area contributed by atoms with Gasteiger partial charge in [0.15, 0.2) is 0 Å². The molecule has 6 heteroatoms. The standard InChI is InChI=1S/C15H22N2O3S/c1-3-12(10-21-2)16-15(20)17-13-6-4-5-11(9-13)7-8-14(18)19/h4-6,9,12H,3,7-8,10H2,1-2H3,(H,18,19)(H2,16,17,20). The Hall–Kier alpha value is -1.69. The molecule has 0 bridgehead atoms. The van der Waals surface area contributed by atoms with Gasteiger partial charge in [-0.15, -0.1) is 0 Å². The van der Waals surface area contributed by atoms with E-state index in [1.165, 1.54) is 0 Å². The minimum Gasteiger partial charge on any atom is -0.481 e. The summed E-state index contributed by atoms with van der Waals surface area (Å²) >= 11 is 1.70. The summed E-state index contributed by atoms with van der Waals surface area (Å²) in [7, 11) is 0. The molecule has 116 valence electrons. The fourth-order valence-electron chi connectivity index (χ4n) is 1.87. The molecule has 0 fully saturated rings. The molecule has 0 aromatic heterocycles. The van der Waals surface area contributed by atoms with E-state index in [0.717, 1.165) is 17.7 Å². The number of carbonyl (C=O) groups is 2. The largest absolute Gasteiger partial charge is 0.481 e. The van der Waals surface area contributed by atoms with Gasteiger partial charge in [-0.2, -0.15) is 11.8 Å². The summed E-state index contributed by atoms with van der Waals surface area (Å²) in [5, 5.41) is 14.4. The normalized spacial score (nSPS) is 11.7. The van der Waals surface area contributed by atoms with Gasteiger partial charge in [0.05, 0.1) is 0 Å². The lowest BCUT2D eigenvalue weighted by atomic mass is 10.1. The number of benzene rings is 1. The number of carbonyl (C=O) groups excluding carboxylic acids is 1. The summed E-state index contributed by atoms with van der Waals surface area (Å²) < 4.78 is 0. The Morgan fingerprint density at radius 3 is 2.76 bits per heavy atom. The van der Waals surface area contributed by atoms with Crippen LogP contribution in [0.3, 0.4) is 0 Å². The van der Waals surface area contributed by atoms with E-state index in [4.69, 9.17) is 5.11 Å². The highest BCUT2D eigenvalue weighted by Gasteiger charge is 2.10. The van der Waals surface area contributed by atoms with Gasteiger partial charge in [0.1, 0.15) is 0 Å². The van der Waals surface area contributed by atoms with Crippen LogP contribution in [0.15, 0.2) is 24.3 Å². The van der Waals surface area contributed by atoms with Crippen LogP contribution in [0.25, 0.3) is 0 Å². The molecule has 0 aliphatic heterocycles. The molecule has 1 aromatic rings. The van der Waals surface area contributed by atoms with E-state index < -0.39 is 5.97 Å². The average Bonchev–Trinajstić information content (AvgIpc) is 2.45. The summed E-state index contributed by atoms with van der Waals surface area (Å²) in [4.78, 5) is 22.5. The second-order valence-electron chi connectivity index (χ2n) is 4.75. The zero-order chi connectivity index (χ0) is 15.7. The van der Waals surface area contributed by atoms with E-state index >= 15 is 0 Å². The van der Waals surface area contributed by atoms with Gasteiger partial charge in [0.2, 0.25) is 0 Å². The van der Waals surface area contributed by atoms with E-state index in [2.05, 4.69) is 10.6 Å². The van der Waals surface area contributed by atoms with Crippen molar-refractivity contribution in [3.05, 3.63) is 29.8 Å². The van der Waals surface area contributed by atoms with Crippen molar-refractivity contribution in [1.29, 1.82) is 0 Å². The predicted octanol–water partition coefficient (Wildman–Crippen LogP) is 2.97. The summed E-state index contributed by atoms with van der Waals surface area (Å²) in [6, 6.07) is 7.18. The summed E-state index contributed by atoms with van der Waals surface area (Å²) in [5.41, 5.74) is 1.57. The van der Waals surface area contributed by atoms with Crippen LogP contribution in [0.5, 0.6) is 0 Å². The molecule has 1 unspecified atom stereocenters. The molecular formula is C15H22N2O3S. The van der Waals surface area contributed by atoms with Crippen molar-refractivity contribution in [3.63, 3.8) is 0 Å². The lowest BCUT2D eigenvalue weighted by molar-refractivity contribution is -0.136. The maximum absolute atomic E-state index is 11.9. The van der Waals surface area contributed by atoms with Gasteiger partial charge in [-0.25, -0.2) is 4.79 Å². The monoisotopic (exact) mass is 310 g/mol. The van der Waals surface area contributed by atoms with Crippen molar-refractivity contribution in [2.24, 2.45) is 0 Å². The van der Waals surface area contributed by atoms with E-state index in [-0.39, 0.29) is 18.5 Å². The molecule has 3 N–H and O–H groups in total. The Morgan fingerprint density at radius 2 is 2.14 bits per heavy atom. The zero-order valence-electron chi connectivity index (χ0n) is 12.4. The molecule has 1 aromatic carbocycles. The number of rotatable bonds is 8. The molecule has 0 saturated heterocycles. The number of urea groups is 1. The summed E-state index contributed by atoms with van der Waals surface area (Å²) in [6.07, 6.45) is 3.43. The Labute approximate surface area is 129 Å². The molecule has 0 saturated carbocycles. The number of carboxylic acid groups (broad SMARTS) is 1. The van der Waals surface area contributed by atoms with Gasteiger partial charge in [-0.05, 0) is 36.8 Å². The average molecular weight is 310 g/mol. The molecule has 1 atom stereocenters. The van der Waals surface area contributed by atoms with E-state index in [9.17, 15) is 9.59 Å². The maximum Gasteiger partial charge on any atom is 0.319 e. The number of amides is 2. The number of thioether (sulfide) groups is 1. The number of nitrogens with one attached hydrogen (secondary N) is 2. The van der Waals surface area contributed by atoms with Gasteiger partial charge < -0.3 is 15.7 Å².